The van der Waals surface area contributed by atoms with E-state index in [1.54, 1.807) is 0 Å². The van der Waals surface area contributed by atoms with Crippen LogP contribution in [0.5, 0.6) is 0 Å². The molecule has 2 aliphatic rings. The molecular formula is C24H28N2O2S. The van der Waals surface area contributed by atoms with E-state index in [2.05, 4.69) is 24.5 Å². The first-order valence-corrected chi connectivity index (χ1v) is 11.2. The number of aryl methyl sites for hydroxylation is 2. The second kappa shape index (κ2) is 8.23. The van der Waals surface area contributed by atoms with Crippen LogP contribution in [0.25, 0.3) is 6.08 Å². The largest absolute Gasteiger partial charge is 0.346 e. The quantitative estimate of drug-likeness (QED) is 0.569. The summed E-state index contributed by atoms with van der Waals surface area (Å²) in [5, 5.41) is -0.191. The lowest BCUT2D eigenvalue weighted by Gasteiger charge is -2.26. The number of hydrogen-bond donors (Lipinski definition) is 0. The van der Waals surface area contributed by atoms with Gasteiger partial charge in [-0.1, -0.05) is 49.1 Å². The maximum Gasteiger partial charge on any atom is 0.293 e. The summed E-state index contributed by atoms with van der Waals surface area (Å²) >= 11 is 1.05. The minimum Gasteiger partial charge on any atom is -0.346 e. The molecule has 0 unspecified atom stereocenters. The maximum atomic E-state index is 12.9. The molecule has 1 saturated heterocycles. The summed E-state index contributed by atoms with van der Waals surface area (Å²) in [7, 11) is 0. The van der Waals surface area contributed by atoms with Gasteiger partial charge in [0.15, 0.2) is 0 Å². The van der Waals surface area contributed by atoms with Crippen LogP contribution in [-0.2, 0) is 11.3 Å². The number of rotatable bonds is 4. The molecule has 2 amide bonds. The Balaban J connectivity index is 1.57. The maximum absolute atomic E-state index is 12.9. The Kier molecular flexibility index (Phi) is 5.68. The van der Waals surface area contributed by atoms with Crippen molar-refractivity contribution in [3.05, 3.63) is 63.3 Å². The zero-order valence-electron chi connectivity index (χ0n) is 17.4. The number of hydrogen-bond acceptors (Lipinski definition) is 3. The van der Waals surface area contributed by atoms with Gasteiger partial charge in [0.25, 0.3) is 11.1 Å². The highest BCUT2D eigenvalue weighted by Crippen LogP contribution is 2.36. The molecule has 1 saturated carbocycles. The number of aromatic nitrogens is 1. The van der Waals surface area contributed by atoms with Crippen molar-refractivity contribution in [3.63, 3.8) is 0 Å². The van der Waals surface area contributed by atoms with Crippen LogP contribution in [-0.4, -0.2) is 20.6 Å². The molecule has 1 aromatic heterocycles. The number of imide groups is 1. The predicted molar refractivity (Wildman–Crippen MR) is 119 cm³/mol. The molecule has 0 radical (unpaired) electrons. The van der Waals surface area contributed by atoms with Gasteiger partial charge >= 0.3 is 0 Å². The lowest BCUT2D eigenvalue weighted by molar-refractivity contribution is -0.123. The third-order valence-electron chi connectivity index (χ3n) is 6.05. The molecule has 0 bridgehead atoms. The summed E-state index contributed by atoms with van der Waals surface area (Å²) in [6.45, 7) is 6.61. The molecule has 0 spiro atoms. The number of benzene rings is 1. The van der Waals surface area contributed by atoms with Gasteiger partial charge < -0.3 is 4.57 Å². The Morgan fingerprint density at radius 2 is 1.83 bits per heavy atom. The fourth-order valence-corrected chi connectivity index (χ4v) is 5.45. The fourth-order valence-electron chi connectivity index (χ4n) is 4.62. The molecule has 4 rings (SSSR count). The molecular weight excluding hydrogens is 380 g/mol. The summed E-state index contributed by atoms with van der Waals surface area (Å²) in [6, 6.07) is 10.7. The smallest absolute Gasteiger partial charge is 0.293 e. The van der Waals surface area contributed by atoms with Gasteiger partial charge in [0.05, 0.1) is 11.4 Å². The van der Waals surface area contributed by atoms with E-state index in [9.17, 15) is 9.59 Å². The minimum absolute atomic E-state index is 0.191. The lowest BCUT2D eigenvalue weighted by Crippen LogP contribution is -2.27. The molecule has 29 heavy (non-hydrogen) atoms. The van der Waals surface area contributed by atoms with Gasteiger partial charge in [-0.25, -0.2) is 0 Å². The molecule has 2 aromatic rings. The highest BCUT2D eigenvalue weighted by Gasteiger charge is 2.35. The average molecular weight is 409 g/mol. The topological polar surface area (TPSA) is 42.3 Å². The van der Waals surface area contributed by atoms with E-state index in [1.807, 2.05) is 37.3 Å². The van der Waals surface area contributed by atoms with Gasteiger partial charge in [-0.15, -0.1) is 0 Å². The number of nitrogens with zero attached hydrogens (tertiary/aromatic N) is 2. The molecule has 4 nitrogen and oxygen atoms in total. The van der Waals surface area contributed by atoms with Crippen LogP contribution in [0.3, 0.4) is 0 Å². The minimum atomic E-state index is -0.191. The van der Waals surface area contributed by atoms with Crippen molar-refractivity contribution >= 4 is 29.0 Å². The monoisotopic (exact) mass is 408 g/mol. The zero-order chi connectivity index (χ0) is 20.5. The third-order valence-corrected chi connectivity index (χ3v) is 6.95. The van der Waals surface area contributed by atoms with Crippen molar-refractivity contribution < 1.29 is 9.59 Å². The van der Waals surface area contributed by atoms with Crippen molar-refractivity contribution in [2.45, 2.75) is 65.5 Å². The first-order chi connectivity index (χ1) is 13.9. The van der Waals surface area contributed by atoms with Gasteiger partial charge in [-0.3, -0.25) is 14.5 Å². The zero-order valence-corrected chi connectivity index (χ0v) is 18.2. The molecule has 2 fully saturated rings. The molecule has 1 aliphatic carbocycles. The van der Waals surface area contributed by atoms with Gasteiger partial charge in [-0.05, 0) is 68.6 Å². The Morgan fingerprint density at radius 3 is 2.55 bits per heavy atom. The second-order valence-corrected chi connectivity index (χ2v) is 9.24. The molecule has 5 heteroatoms. The summed E-state index contributed by atoms with van der Waals surface area (Å²) in [5.41, 5.74) is 5.58. The van der Waals surface area contributed by atoms with Crippen molar-refractivity contribution in [1.82, 2.24) is 9.47 Å². The lowest BCUT2D eigenvalue weighted by atomic mass is 9.95. The van der Waals surface area contributed by atoms with Crippen LogP contribution < -0.4 is 0 Å². The van der Waals surface area contributed by atoms with Crippen LogP contribution >= 0.6 is 11.8 Å². The fraction of sp³-hybridized carbons (Fsp3) is 0.417. The molecule has 2 heterocycles. The van der Waals surface area contributed by atoms with Crippen LogP contribution in [0.15, 0.2) is 35.2 Å². The Labute approximate surface area is 177 Å². The number of thioether (sulfide) groups is 1. The first kappa shape index (κ1) is 20.0. The molecule has 1 aliphatic heterocycles. The normalized spacial score (nSPS) is 19.6. The van der Waals surface area contributed by atoms with E-state index in [1.165, 1.54) is 48.4 Å². The van der Waals surface area contributed by atoms with Crippen LogP contribution in [0.1, 0.15) is 66.2 Å². The van der Waals surface area contributed by atoms with Gasteiger partial charge in [0.2, 0.25) is 0 Å². The number of amides is 2. The van der Waals surface area contributed by atoms with Gasteiger partial charge in [0.1, 0.15) is 0 Å². The van der Waals surface area contributed by atoms with Crippen molar-refractivity contribution in [1.29, 1.82) is 0 Å². The molecule has 0 atom stereocenters. The summed E-state index contributed by atoms with van der Waals surface area (Å²) in [5.74, 6) is -0.191. The summed E-state index contributed by atoms with van der Waals surface area (Å²) in [6.07, 6.45) is 8.26. The number of carbonyl (C=O) groups is 2. The second-order valence-electron chi connectivity index (χ2n) is 8.25. The van der Waals surface area contributed by atoms with E-state index in [-0.39, 0.29) is 11.1 Å². The van der Waals surface area contributed by atoms with E-state index >= 15 is 0 Å². The van der Waals surface area contributed by atoms with E-state index < -0.39 is 0 Å². The average Bonchev–Trinajstić information content (AvgIpc) is 3.12. The predicted octanol–water partition coefficient (Wildman–Crippen LogP) is 6.16. The van der Waals surface area contributed by atoms with Crippen molar-refractivity contribution in [2.75, 3.05) is 0 Å². The van der Waals surface area contributed by atoms with Crippen LogP contribution in [0, 0.1) is 20.8 Å². The van der Waals surface area contributed by atoms with Crippen LogP contribution in [0.4, 0.5) is 4.79 Å². The highest BCUT2D eigenvalue weighted by atomic mass is 32.2. The van der Waals surface area contributed by atoms with E-state index in [0.29, 0.717) is 17.5 Å². The molecule has 1 aromatic carbocycles. The Morgan fingerprint density at radius 1 is 1.07 bits per heavy atom. The summed E-state index contributed by atoms with van der Waals surface area (Å²) in [4.78, 5) is 27.3. The molecule has 152 valence electrons. The standard InChI is InChI=1S/C24H28N2O2S/c1-16-8-7-9-19(12-16)15-25-23(27)22(29-24(25)28)14-20-13-17(2)26(18(20)3)21-10-5-4-6-11-21/h7-9,12-14,21H,4-6,10-11,15H2,1-3H3/b22-14-. The van der Waals surface area contributed by atoms with E-state index in [0.717, 1.165) is 28.5 Å². The number of carbonyl (C=O) groups excluding carboxylic acids is 2. The Bertz CT molecular complexity index is 983. The van der Waals surface area contributed by atoms with Crippen molar-refractivity contribution in [2.24, 2.45) is 0 Å². The highest BCUT2D eigenvalue weighted by molar-refractivity contribution is 8.18. The Hall–Kier alpha value is -2.27. The van der Waals surface area contributed by atoms with Gasteiger partial charge in [-0.2, -0.15) is 0 Å². The first-order valence-electron chi connectivity index (χ1n) is 10.4. The SMILES string of the molecule is Cc1cccc(CN2C(=O)S/C(=C\c3cc(C)n(C4CCCCC4)c3C)C2=O)c1. The van der Waals surface area contributed by atoms with Crippen LogP contribution in [0.2, 0.25) is 0 Å². The third kappa shape index (κ3) is 4.06. The summed E-state index contributed by atoms with van der Waals surface area (Å²) < 4.78 is 2.43. The van der Waals surface area contributed by atoms with E-state index in [4.69, 9.17) is 0 Å². The van der Waals surface area contributed by atoms with Crippen molar-refractivity contribution in [3.8, 4) is 0 Å². The molecule has 0 N–H and O–H groups in total. The van der Waals surface area contributed by atoms with Gasteiger partial charge in [0, 0.05) is 17.4 Å².